The van der Waals surface area contributed by atoms with Gasteiger partial charge in [-0.3, -0.25) is 4.79 Å². The molecule has 128 valence electrons. The van der Waals surface area contributed by atoms with Crippen molar-refractivity contribution in [2.24, 2.45) is 5.92 Å². The van der Waals surface area contributed by atoms with Crippen molar-refractivity contribution in [3.63, 3.8) is 0 Å². The monoisotopic (exact) mass is 350 g/mol. The first-order valence-corrected chi connectivity index (χ1v) is 7.61. The molecule has 0 bridgehead atoms. The number of ether oxygens (including phenoxy) is 1. The fourth-order valence-corrected chi connectivity index (χ4v) is 2.03. The van der Waals surface area contributed by atoms with E-state index in [1.165, 1.54) is 12.1 Å². The van der Waals surface area contributed by atoms with Crippen LogP contribution in [0.1, 0.15) is 37.8 Å². The summed E-state index contributed by atoms with van der Waals surface area (Å²) in [5.74, 6) is -1.55. The number of alkyl halides is 4. The Morgan fingerprint density at radius 3 is 2.52 bits per heavy atom. The van der Waals surface area contributed by atoms with Crippen LogP contribution >= 0.6 is 11.6 Å². The number of rotatable bonds is 6. The summed E-state index contributed by atoms with van der Waals surface area (Å²) in [5, 5.41) is -1.22. The minimum absolute atomic E-state index is 0.0764. The molecule has 2 atom stereocenters. The van der Waals surface area contributed by atoms with Crippen LogP contribution in [0.25, 0.3) is 0 Å². The lowest BCUT2D eigenvalue weighted by Gasteiger charge is -2.12. The quantitative estimate of drug-likeness (QED) is 0.435. The van der Waals surface area contributed by atoms with E-state index in [-0.39, 0.29) is 24.3 Å². The van der Waals surface area contributed by atoms with E-state index in [2.05, 4.69) is 4.74 Å². The molecule has 0 spiro atoms. The summed E-state index contributed by atoms with van der Waals surface area (Å²) in [4.78, 5) is 23.2. The average Bonchev–Trinajstić information content (AvgIpc) is 2.46. The molecule has 2 unspecified atom stereocenters. The molecule has 0 aliphatic carbocycles. The van der Waals surface area contributed by atoms with Crippen LogP contribution in [-0.4, -0.2) is 17.3 Å². The summed E-state index contributed by atoms with van der Waals surface area (Å²) in [6.07, 6.45) is -3.77. The Hall–Kier alpha value is -1.56. The summed E-state index contributed by atoms with van der Waals surface area (Å²) in [6.45, 7) is 3.74. The van der Waals surface area contributed by atoms with Crippen LogP contribution in [0.15, 0.2) is 24.3 Å². The van der Waals surface area contributed by atoms with Gasteiger partial charge in [-0.2, -0.15) is 13.2 Å². The van der Waals surface area contributed by atoms with Crippen molar-refractivity contribution < 1.29 is 27.5 Å². The third-order valence-corrected chi connectivity index (χ3v) is 3.68. The average molecular weight is 351 g/mol. The molecular formula is C16H18ClF3O3. The smallest absolute Gasteiger partial charge is 0.392 e. The number of hydrogen-bond donors (Lipinski definition) is 0. The molecule has 0 aliphatic heterocycles. The normalized spacial score (nSPS) is 14.2. The highest BCUT2D eigenvalue weighted by atomic mass is 35.5. The predicted octanol–water partition coefficient (Wildman–Crippen LogP) is 4.36. The third-order valence-electron chi connectivity index (χ3n) is 3.35. The van der Waals surface area contributed by atoms with Gasteiger partial charge in [-0.25, -0.2) is 4.79 Å². The topological polar surface area (TPSA) is 43.4 Å². The van der Waals surface area contributed by atoms with Crippen molar-refractivity contribution in [2.75, 3.05) is 0 Å². The number of carbonyl (C=O) groups excluding carboxylic acids is 2. The number of hydrogen-bond acceptors (Lipinski definition) is 3. The Balaban J connectivity index is 2.63. The predicted molar refractivity (Wildman–Crippen MR) is 80.0 cm³/mol. The molecule has 0 saturated carbocycles. The Labute approximate surface area is 137 Å². The van der Waals surface area contributed by atoms with Crippen molar-refractivity contribution >= 4 is 23.5 Å². The number of carbonyl (C=O) groups is 2. The molecule has 1 rings (SSSR count). The van der Waals surface area contributed by atoms with Crippen molar-refractivity contribution in [3.05, 3.63) is 35.4 Å². The lowest BCUT2D eigenvalue weighted by atomic mass is 10.1. The Kier molecular flexibility index (Phi) is 7.06. The standard InChI is InChI=1S/C16H18ClF3O3/c1-3-10(2)7-14(21)23-15(22)13(17)9-11-5-4-6-12(8-11)16(18,19)20/h4-6,8,10,13H,3,7,9H2,1-2H3. The van der Waals surface area contributed by atoms with E-state index in [4.69, 9.17) is 11.6 Å². The summed E-state index contributed by atoms with van der Waals surface area (Å²) < 4.78 is 42.5. The molecule has 1 aromatic rings. The Morgan fingerprint density at radius 2 is 1.96 bits per heavy atom. The third kappa shape index (κ3) is 6.60. The number of esters is 2. The molecule has 0 saturated heterocycles. The molecule has 23 heavy (non-hydrogen) atoms. The second-order valence-corrected chi connectivity index (χ2v) is 5.91. The van der Waals surface area contributed by atoms with Crippen molar-refractivity contribution in [1.82, 2.24) is 0 Å². The van der Waals surface area contributed by atoms with Crippen LogP contribution in [-0.2, 0) is 26.9 Å². The first-order valence-electron chi connectivity index (χ1n) is 7.18. The summed E-state index contributed by atoms with van der Waals surface area (Å²) in [5.41, 5.74) is -0.578. The van der Waals surface area contributed by atoms with Gasteiger partial charge in [0, 0.05) is 6.42 Å². The van der Waals surface area contributed by atoms with Crippen molar-refractivity contribution in [3.8, 4) is 0 Å². The van der Waals surface area contributed by atoms with Gasteiger partial charge in [0.2, 0.25) is 0 Å². The molecule has 0 radical (unpaired) electrons. The van der Waals surface area contributed by atoms with Crippen LogP contribution < -0.4 is 0 Å². The first-order chi connectivity index (χ1) is 10.6. The Bertz CT molecular complexity index is 558. The molecule has 0 heterocycles. The zero-order valence-corrected chi connectivity index (χ0v) is 13.6. The van der Waals surface area contributed by atoms with E-state index in [1.807, 2.05) is 13.8 Å². The molecule has 0 fully saturated rings. The maximum Gasteiger partial charge on any atom is 0.416 e. The van der Waals surface area contributed by atoms with Gasteiger partial charge in [0.25, 0.3) is 0 Å². The summed E-state index contributed by atoms with van der Waals surface area (Å²) in [7, 11) is 0. The van der Waals surface area contributed by atoms with Gasteiger partial charge < -0.3 is 4.74 Å². The maximum absolute atomic E-state index is 12.6. The van der Waals surface area contributed by atoms with Crippen LogP contribution in [0.5, 0.6) is 0 Å². The van der Waals surface area contributed by atoms with Gasteiger partial charge in [-0.1, -0.05) is 38.5 Å². The highest BCUT2D eigenvalue weighted by Gasteiger charge is 2.31. The second-order valence-electron chi connectivity index (χ2n) is 5.38. The van der Waals surface area contributed by atoms with E-state index in [0.29, 0.717) is 0 Å². The van der Waals surface area contributed by atoms with Crippen molar-refractivity contribution in [1.29, 1.82) is 0 Å². The van der Waals surface area contributed by atoms with E-state index >= 15 is 0 Å². The van der Waals surface area contributed by atoms with Gasteiger partial charge >= 0.3 is 18.1 Å². The van der Waals surface area contributed by atoms with Crippen LogP contribution in [0, 0.1) is 5.92 Å². The van der Waals surface area contributed by atoms with Crippen LogP contribution in [0.3, 0.4) is 0 Å². The second kappa shape index (κ2) is 8.34. The highest BCUT2D eigenvalue weighted by molar-refractivity contribution is 6.30. The minimum Gasteiger partial charge on any atom is -0.392 e. The fourth-order valence-electron chi connectivity index (χ4n) is 1.81. The SMILES string of the molecule is CCC(C)CC(=O)OC(=O)C(Cl)Cc1cccc(C(F)(F)F)c1. The van der Waals surface area contributed by atoms with Crippen molar-refractivity contribution in [2.45, 2.75) is 44.7 Å². The van der Waals surface area contributed by atoms with E-state index < -0.39 is 29.1 Å². The zero-order chi connectivity index (χ0) is 17.6. The van der Waals surface area contributed by atoms with Crippen LogP contribution in [0.2, 0.25) is 0 Å². The van der Waals surface area contributed by atoms with E-state index in [1.54, 1.807) is 0 Å². The molecule has 0 aromatic heterocycles. The maximum atomic E-state index is 12.6. The molecule has 1 aromatic carbocycles. The molecule has 3 nitrogen and oxygen atoms in total. The molecule has 0 N–H and O–H groups in total. The van der Waals surface area contributed by atoms with Gasteiger partial charge in [0.15, 0.2) is 0 Å². The molecule has 0 amide bonds. The fraction of sp³-hybridized carbons (Fsp3) is 0.500. The summed E-state index contributed by atoms with van der Waals surface area (Å²) >= 11 is 5.84. The number of benzene rings is 1. The minimum atomic E-state index is -4.47. The first kappa shape index (κ1) is 19.5. The molecular weight excluding hydrogens is 333 g/mol. The lowest BCUT2D eigenvalue weighted by molar-refractivity contribution is -0.160. The molecule has 0 aliphatic rings. The van der Waals surface area contributed by atoms with Gasteiger partial charge in [0.1, 0.15) is 5.38 Å². The number of halogens is 4. The van der Waals surface area contributed by atoms with E-state index in [0.717, 1.165) is 18.6 Å². The summed E-state index contributed by atoms with van der Waals surface area (Å²) in [6, 6.07) is 4.52. The largest absolute Gasteiger partial charge is 0.416 e. The highest BCUT2D eigenvalue weighted by Crippen LogP contribution is 2.30. The Morgan fingerprint density at radius 1 is 1.30 bits per heavy atom. The lowest BCUT2D eigenvalue weighted by Crippen LogP contribution is -2.24. The van der Waals surface area contributed by atoms with Gasteiger partial charge in [0.05, 0.1) is 5.56 Å². The van der Waals surface area contributed by atoms with Crippen LogP contribution in [0.4, 0.5) is 13.2 Å². The molecule has 7 heteroatoms. The van der Waals surface area contributed by atoms with Gasteiger partial charge in [-0.15, -0.1) is 11.6 Å². The zero-order valence-electron chi connectivity index (χ0n) is 12.8. The van der Waals surface area contributed by atoms with Gasteiger partial charge in [-0.05, 0) is 24.0 Å². The van der Waals surface area contributed by atoms with E-state index in [9.17, 15) is 22.8 Å².